The highest BCUT2D eigenvalue weighted by Crippen LogP contribution is 2.09. The Hall–Kier alpha value is -0.980. The molecule has 0 spiro atoms. The van der Waals surface area contributed by atoms with Gasteiger partial charge in [0.05, 0.1) is 6.42 Å². The van der Waals surface area contributed by atoms with Gasteiger partial charge in [0.1, 0.15) is 5.01 Å². The minimum atomic E-state index is 0.0314. The first-order chi connectivity index (χ1) is 8.13. The van der Waals surface area contributed by atoms with Gasteiger partial charge in [0.2, 0.25) is 5.91 Å². The molecule has 0 radical (unpaired) electrons. The van der Waals surface area contributed by atoms with E-state index in [2.05, 4.69) is 22.4 Å². The smallest absolute Gasteiger partial charge is 0.241 e. The highest BCUT2D eigenvalue weighted by molar-refractivity contribution is 7.09. The van der Waals surface area contributed by atoms with Crippen LogP contribution < -0.4 is 5.43 Å². The fourth-order valence-corrected chi connectivity index (χ4v) is 2.53. The quantitative estimate of drug-likeness (QED) is 0.841. The fraction of sp³-hybridized carbons (Fsp3) is 0.636. The van der Waals surface area contributed by atoms with Crippen molar-refractivity contribution in [1.82, 2.24) is 20.3 Å². The Kier molecular flexibility index (Phi) is 4.09. The molecule has 2 heterocycles. The molecule has 17 heavy (non-hydrogen) atoms. The Morgan fingerprint density at radius 1 is 1.47 bits per heavy atom. The van der Waals surface area contributed by atoms with Gasteiger partial charge in [0, 0.05) is 37.3 Å². The summed E-state index contributed by atoms with van der Waals surface area (Å²) in [5.41, 5.74) is 3.92. The van der Waals surface area contributed by atoms with Crippen molar-refractivity contribution in [2.24, 2.45) is 0 Å². The molecule has 1 aromatic heterocycles. The van der Waals surface area contributed by atoms with E-state index in [0.717, 1.165) is 36.9 Å². The first kappa shape index (κ1) is 12.5. The molecule has 5 nitrogen and oxygen atoms in total. The lowest BCUT2D eigenvalue weighted by Gasteiger charge is -2.32. The van der Waals surface area contributed by atoms with Crippen LogP contribution in [0.2, 0.25) is 0 Å². The molecule has 1 saturated heterocycles. The second-order valence-electron chi connectivity index (χ2n) is 4.38. The topological polar surface area (TPSA) is 48.5 Å². The summed E-state index contributed by atoms with van der Waals surface area (Å²) in [6, 6.07) is 0. The van der Waals surface area contributed by atoms with Crippen LogP contribution in [0.3, 0.4) is 0 Å². The van der Waals surface area contributed by atoms with E-state index in [0.29, 0.717) is 6.42 Å². The summed E-state index contributed by atoms with van der Waals surface area (Å²) >= 11 is 1.54. The molecule has 1 aromatic rings. The molecule has 0 saturated carbocycles. The van der Waals surface area contributed by atoms with E-state index in [4.69, 9.17) is 0 Å². The molecule has 0 bridgehead atoms. The van der Waals surface area contributed by atoms with Crippen molar-refractivity contribution < 1.29 is 4.79 Å². The fourth-order valence-electron chi connectivity index (χ4n) is 1.76. The van der Waals surface area contributed by atoms with Gasteiger partial charge in [-0.3, -0.25) is 10.2 Å². The lowest BCUT2D eigenvalue weighted by Crippen LogP contribution is -2.52. The third kappa shape index (κ3) is 3.76. The van der Waals surface area contributed by atoms with Crippen LogP contribution >= 0.6 is 11.3 Å². The second-order valence-corrected chi connectivity index (χ2v) is 5.33. The molecule has 1 N–H and O–H groups in total. The van der Waals surface area contributed by atoms with Gasteiger partial charge in [-0.2, -0.15) is 0 Å². The van der Waals surface area contributed by atoms with Crippen LogP contribution in [0, 0.1) is 6.92 Å². The van der Waals surface area contributed by atoms with Crippen molar-refractivity contribution in [2.75, 3.05) is 33.2 Å². The predicted octanol–water partition coefficient (Wildman–Crippen LogP) is 0.273. The molecule has 0 atom stereocenters. The van der Waals surface area contributed by atoms with Gasteiger partial charge in [0.25, 0.3) is 0 Å². The lowest BCUT2D eigenvalue weighted by atomic mass is 10.4. The third-order valence-electron chi connectivity index (χ3n) is 2.76. The summed E-state index contributed by atoms with van der Waals surface area (Å²) in [5, 5.41) is 4.84. The van der Waals surface area contributed by atoms with Crippen molar-refractivity contribution >= 4 is 17.2 Å². The summed E-state index contributed by atoms with van der Waals surface area (Å²) in [4.78, 5) is 18.3. The highest BCUT2D eigenvalue weighted by atomic mass is 32.1. The van der Waals surface area contributed by atoms with E-state index in [1.54, 1.807) is 11.3 Å². The second kappa shape index (κ2) is 5.57. The largest absolute Gasteiger partial charge is 0.304 e. The van der Waals surface area contributed by atoms with Crippen LogP contribution in [0.5, 0.6) is 0 Å². The SMILES string of the molecule is Cc1csc(CC(=O)NN2CCN(C)CC2)n1. The van der Waals surface area contributed by atoms with Crippen LogP contribution in [0.1, 0.15) is 10.7 Å². The molecule has 1 amide bonds. The molecule has 0 aromatic carbocycles. The van der Waals surface area contributed by atoms with Crippen molar-refractivity contribution in [3.63, 3.8) is 0 Å². The standard InChI is InChI=1S/C11H18N4OS/c1-9-8-17-11(12-9)7-10(16)13-15-5-3-14(2)4-6-15/h8H,3-7H2,1-2H3,(H,13,16). The number of rotatable bonds is 3. The van der Waals surface area contributed by atoms with E-state index in [-0.39, 0.29) is 5.91 Å². The number of piperazine rings is 1. The van der Waals surface area contributed by atoms with Crippen LogP contribution in [-0.2, 0) is 11.2 Å². The van der Waals surface area contributed by atoms with Crippen molar-refractivity contribution in [2.45, 2.75) is 13.3 Å². The van der Waals surface area contributed by atoms with Crippen LogP contribution in [0.4, 0.5) is 0 Å². The maximum atomic E-state index is 11.8. The summed E-state index contributed by atoms with van der Waals surface area (Å²) in [6.07, 6.45) is 0.380. The minimum absolute atomic E-state index is 0.0314. The molecule has 1 fully saturated rings. The zero-order valence-electron chi connectivity index (χ0n) is 10.3. The van der Waals surface area contributed by atoms with Crippen molar-refractivity contribution in [3.05, 3.63) is 16.1 Å². The van der Waals surface area contributed by atoms with Crippen molar-refractivity contribution in [1.29, 1.82) is 0 Å². The van der Waals surface area contributed by atoms with Gasteiger partial charge in [-0.25, -0.2) is 9.99 Å². The van der Waals surface area contributed by atoms with E-state index < -0.39 is 0 Å². The number of hydrogen-bond donors (Lipinski definition) is 1. The average molecular weight is 254 g/mol. The Bertz CT molecular complexity index is 385. The Morgan fingerprint density at radius 3 is 2.76 bits per heavy atom. The number of aryl methyl sites for hydroxylation is 1. The van der Waals surface area contributed by atoms with Crippen molar-refractivity contribution in [3.8, 4) is 0 Å². The monoisotopic (exact) mass is 254 g/mol. The normalized spacial score (nSPS) is 18.2. The number of amides is 1. The number of thiazole rings is 1. The summed E-state index contributed by atoms with van der Waals surface area (Å²) < 4.78 is 0. The van der Waals surface area contributed by atoms with E-state index in [1.165, 1.54) is 0 Å². The van der Waals surface area contributed by atoms with Crippen LogP contribution in [0.25, 0.3) is 0 Å². The molecule has 94 valence electrons. The van der Waals surface area contributed by atoms with Gasteiger partial charge >= 0.3 is 0 Å². The molecular formula is C11H18N4OS. The van der Waals surface area contributed by atoms with E-state index >= 15 is 0 Å². The number of aromatic nitrogens is 1. The molecule has 0 unspecified atom stereocenters. The number of carbonyl (C=O) groups excluding carboxylic acids is 1. The first-order valence-corrected chi connectivity index (χ1v) is 6.65. The Labute approximate surface area is 105 Å². The number of hydrogen-bond acceptors (Lipinski definition) is 5. The molecule has 6 heteroatoms. The third-order valence-corrected chi connectivity index (χ3v) is 3.73. The van der Waals surface area contributed by atoms with Gasteiger partial charge < -0.3 is 4.90 Å². The zero-order chi connectivity index (χ0) is 12.3. The van der Waals surface area contributed by atoms with E-state index in [1.807, 2.05) is 17.3 Å². The van der Waals surface area contributed by atoms with Gasteiger partial charge in [-0.15, -0.1) is 11.3 Å². The maximum Gasteiger partial charge on any atom is 0.241 e. The molecule has 1 aliphatic rings. The summed E-state index contributed by atoms with van der Waals surface area (Å²) in [5.74, 6) is 0.0314. The van der Waals surface area contributed by atoms with Crippen LogP contribution in [0.15, 0.2) is 5.38 Å². The summed E-state index contributed by atoms with van der Waals surface area (Å²) in [6.45, 7) is 5.71. The maximum absolute atomic E-state index is 11.8. The van der Waals surface area contributed by atoms with Crippen LogP contribution in [-0.4, -0.2) is 54.0 Å². The number of nitrogens with one attached hydrogen (secondary N) is 1. The Morgan fingerprint density at radius 2 is 2.18 bits per heavy atom. The van der Waals surface area contributed by atoms with Gasteiger partial charge in [-0.1, -0.05) is 0 Å². The lowest BCUT2D eigenvalue weighted by molar-refractivity contribution is -0.126. The summed E-state index contributed by atoms with van der Waals surface area (Å²) in [7, 11) is 2.09. The first-order valence-electron chi connectivity index (χ1n) is 5.77. The molecule has 0 aliphatic carbocycles. The average Bonchev–Trinajstić information content (AvgIpc) is 2.67. The molecule has 1 aliphatic heterocycles. The number of hydrazine groups is 1. The highest BCUT2D eigenvalue weighted by Gasteiger charge is 2.16. The number of carbonyl (C=O) groups is 1. The number of nitrogens with zero attached hydrogens (tertiary/aromatic N) is 3. The minimum Gasteiger partial charge on any atom is -0.304 e. The number of likely N-dealkylation sites (N-methyl/N-ethyl adjacent to an activating group) is 1. The predicted molar refractivity (Wildman–Crippen MR) is 67.8 cm³/mol. The molecule has 2 rings (SSSR count). The zero-order valence-corrected chi connectivity index (χ0v) is 11.1. The van der Waals surface area contributed by atoms with Gasteiger partial charge in [-0.05, 0) is 14.0 Å². The van der Waals surface area contributed by atoms with E-state index in [9.17, 15) is 4.79 Å². The Balaban J connectivity index is 1.77. The van der Waals surface area contributed by atoms with Gasteiger partial charge in [0.15, 0.2) is 0 Å². The molecular weight excluding hydrogens is 236 g/mol.